The summed E-state index contributed by atoms with van der Waals surface area (Å²) in [4.78, 5) is 2.59. The lowest BCUT2D eigenvalue weighted by molar-refractivity contribution is 0.176. The van der Waals surface area contributed by atoms with Crippen LogP contribution in [0.3, 0.4) is 0 Å². The van der Waals surface area contributed by atoms with Crippen LogP contribution in [0.25, 0.3) is 0 Å². The molecule has 1 aliphatic heterocycles. The summed E-state index contributed by atoms with van der Waals surface area (Å²) in [5, 5.41) is 3.62. The van der Waals surface area contributed by atoms with Crippen molar-refractivity contribution in [2.75, 3.05) is 25.0 Å². The Morgan fingerprint density at radius 1 is 1.40 bits per heavy atom. The van der Waals surface area contributed by atoms with E-state index in [4.69, 9.17) is 6.42 Å². The number of hydrogen-bond donors (Lipinski definition) is 1. The van der Waals surface area contributed by atoms with Gasteiger partial charge in [-0.05, 0) is 69.9 Å². The Bertz CT molecular complexity index is 453. The number of likely N-dealkylation sites (tertiary alicyclic amines) is 1. The van der Waals surface area contributed by atoms with Gasteiger partial charge in [0.15, 0.2) is 0 Å². The number of anilines is 1. The number of nitrogens with one attached hydrogen (secondary N) is 1. The summed E-state index contributed by atoms with van der Waals surface area (Å²) in [6.07, 6.45) is 9.30. The topological polar surface area (TPSA) is 15.3 Å². The van der Waals surface area contributed by atoms with Crippen LogP contribution in [0.2, 0.25) is 0 Å². The average molecular weight is 270 g/mol. The summed E-state index contributed by atoms with van der Waals surface area (Å²) < 4.78 is 0. The Morgan fingerprint density at radius 2 is 2.15 bits per heavy atom. The van der Waals surface area contributed by atoms with Gasteiger partial charge in [0.2, 0.25) is 0 Å². The van der Waals surface area contributed by atoms with Crippen molar-refractivity contribution in [3.05, 3.63) is 29.8 Å². The van der Waals surface area contributed by atoms with Crippen molar-refractivity contribution < 1.29 is 0 Å². The Balaban J connectivity index is 1.86. The molecule has 1 fully saturated rings. The van der Waals surface area contributed by atoms with Gasteiger partial charge in [-0.3, -0.25) is 0 Å². The van der Waals surface area contributed by atoms with Crippen LogP contribution >= 0.6 is 0 Å². The first kappa shape index (κ1) is 14.9. The van der Waals surface area contributed by atoms with E-state index >= 15 is 0 Å². The van der Waals surface area contributed by atoms with E-state index in [0.29, 0.717) is 6.04 Å². The molecule has 2 heteroatoms. The third-order valence-electron chi connectivity index (χ3n) is 4.30. The second-order valence-electron chi connectivity index (χ2n) is 5.84. The summed E-state index contributed by atoms with van der Waals surface area (Å²) >= 11 is 0. The number of piperidine rings is 1. The minimum Gasteiger partial charge on any atom is -0.382 e. The molecule has 0 spiro atoms. The lowest BCUT2D eigenvalue weighted by Crippen LogP contribution is -2.39. The van der Waals surface area contributed by atoms with Crippen molar-refractivity contribution in [3.8, 4) is 12.3 Å². The first-order chi connectivity index (χ1) is 9.72. The smallest absolute Gasteiger partial charge is 0.0354 e. The Kier molecular flexibility index (Phi) is 5.49. The second-order valence-corrected chi connectivity index (χ2v) is 5.84. The molecule has 1 aliphatic rings. The van der Waals surface area contributed by atoms with Gasteiger partial charge < -0.3 is 10.2 Å². The SMILES string of the molecule is C#Cc1cccc(NC(C)C2CCN(CCC)CC2)c1. The summed E-state index contributed by atoms with van der Waals surface area (Å²) in [7, 11) is 0. The van der Waals surface area contributed by atoms with E-state index in [1.807, 2.05) is 12.1 Å². The van der Waals surface area contributed by atoms with E-state index in [2.05, 4.69) is 42.1 Å². The third kappa shape index (κ3) is 4.02. The highest BCUT2D eigenvalue weighted by Gasteiger charge is 2.23. The third-order valence-corrected chi connectivity index (χ3v) is 4.30. The van der Waals surface area contributed by atoms with Gasteiger partial charge in [0.1, 0.15) is 0 Å². The van der Waals surface area contributed by atoms with Crippen molar-refractivity contribution in [1.29, 1.82) is 0 Å². The number of nitrogens with zero attached hydrogens (tertiary/aromatic N) is 1. The molecule has 0 bridgehead atoms. The van der Waals surface area contributed by atoms with Gasteiger partial charge in [0, 0.05) is 17.3 Å². The Labute approximate surface area is 123 Å². The Hall–Kier alpha value is -1.46. The zero-order valence-corrected chi connectivity index (χ0v) is 12.7. The lowest BCUT2D eigenvalue weighted by atomic mass is 9.90. The first-order valence-corrected chi connectivity index (χ1v) is 7.78. The molecule has 1 aromatic carbocycles. The molecule has 1 atom stereocenters. The van der Waals surface area contributed by atoms with Gasteiger partial charge in [-0.25, -0.2) is 0 Å². The van der Waals surface area contributed by atoms with E-state index in [1.54, 1.807) is 0 Å². The van der Waals surface area contributed by atoms with Crippen LogP contribution in [0.4, 0.5) is 5.69 Å². The summed E-state index contributed by atoms with van der Waals surface area (Å²) in [6.45, 7) is 8.29. The van der Waals surface area contributed by atoms with Crippen LogP contribution in [-0.4, -0.2) is 30.6 Å². The van der Waals surface area contributed by atoms with Gasteiger partial charge in [0.25, 0.3) is 0 Å². The summed E-state index contributed by atoms with van der Waals surface area (Å²) in [5.74, 6) is 3.45. The molecule has 1 unspecified atom stereocenters. The fourth-order valence-corrected chi connectivity index (χ4v) is 3.07. The van der Waals surface area contributed by atoms with Gasteiger partial charge in [-0.15, -0.1) is 6.42 Å². The summed E-state index contributed by atoms with van der Waals surface area (Å²) in [5.41, 5.74) is 2.09. The maximum atomic E-state index is 5.45. The molecule has 2 rings (SSSR count). The van der Waals surface area contributed by atoms with Gasteiger partial charge in [0.05, 0.1) is 0 Å². The van der Waals surface area contributed by atoms with E-state index in [9.17, 15) is 0 Å². The van der Waals surface area contributed by atoms with Gasteiger partial charge in [-0.2, -0.15) is 0 Å². The molecule has 1 N–H and O–H groups in total. The molecule has 0 aliphatic carbocycles. The van der Waals surface area contributed by atoms with E-state index in [0.717, 1.165) is 17.2 Å². The molecule has 0 radical (unpaired) electrons. The minimum atomic E-state index is 0.506. The predicted molar refractivity (Wildman–Crippen MR) is 86.9 cm³/mol. The molecule has 20 heavy (non-hydrogen) atoms. The monoisotopic (exact) mass is 270 g/mol. The molecular formula is C18H26N2. The standard InChI is InChI=1S/C18H26N2/c1-4-11-20-12-9-17(10-13-20)15(3)19-18-8-6-7-16(5-2)14-18/h2,6-8,14-15,17,19H,4,9-13H2,1,3H3. The molecule has 2 nitrogen and oxygen atoms in total. The molecule has 0 saturated carbocycles. The van der Waals surface area contributed by atoms with Crippen molar-refractivity contribution in [1.82, 2.24) is 4.90 Å². The van der Waals surface area contributed by atoms with Crippen molar-refractivity contribution in [3.63, 3.8) is 0 Å². The van der Waals surface area contributed by atoms with Crippen LogP contribution in [0, 0.1) is 18.3 Å². The highest BCUT2D eigenvalue weighted by atomic mass is 15.1. The van der Waals surface area contributed by atoms with E-state index < -0.39 is 0 Å². The molecule has 0 aromatic heterocycles. The van der Waals surface area contributed by atoms with Crippen LogP contribution in [0.5, 0.6) is 0 Å². The highest BCUT2D eigenvalue weighted by Crippen LogP contribution is 2.23. The van der Waals surface area contributed by atoms with Crippen LogP contribution in [0.15, 0.2) is 24.3 Å². The fraction of sp³-hybridized carbons (Fsp3) is 0.556. The fourth-order valence-electron chi connectivity index (χ4n) is 3.07. The average Bonchev–Trinajstić information content (AvgIpc) is 2.48. The van der Waals surface area contributed by atoms with E-state index in [-0.39, 0.29) is 0 Å². The number of hydrogen-bond acceptors (Lipinski definition) is 2. The maximum Gasteiger partial charge on any atom is 0.0354 e. The number of benzene rings is 1. The van der Waals surface area contributed by atoms with Crippen LogP contribution < -0.4 is 5.32 Å². The normalized spacial score (nSPS) is 18.4. The minimum absolute atomic E-state index is 0.506. The highest BCUT2D eigenvalue weighted by molar-refractivity contribution is 5.50. The van der Waals surface area contributed by atoms with Gasteiger partial charge in [-0.1, -0.05) is 18.9 Å². The van der Waals surface area contributed by atoms with Crippen molar-refractivity contribution in [2.24, 2.45) is 5.92 Å². The zero-order chi connectivity index (χ0) is 14.4. The van der Waals surface area contributed by atoms with Crippen LogP contribution in [-0.2, 0) is 0 Å². The maximum absolute atomic E-state index is 5.45. The number of rotatable bonds is 5. The zero-order valence-electron chi connectivity index (χ0n) is 12.7. The lowest BCUT2D eigenvalue weighted by Gasteiger charge is -2.35. The van der Waals surface area contributed by atoms with Gasteiger partial charge >= 0.3 is 0 Å². The molecule has 1 saturated heterocycles. The Morgan fingerprint density at radius 3 is 2.80 bits per heavy atom. The van der Waals surface area contributed by atoms with Crippen LogP contribution in [0.1, 0.15) is 38.7 Å². The van der Waals surface area contributed by atoms with Crippen molar-refractivity contribution in [2.45, 2.75) is 39.2 Å². The second kappa shape index (κ2) is 7.36. The first-order valence-electron chi connectivity index (χ1n) is 7.78. The quantitative estimate of drug-likeness (QED) is 0.823. The van der Waals surface area contributed by atoms with E-state index in [1.165, 1.54) is 38.9 Å². The molecule has 108 valence electrons. The molecule has 1 heterocycles. The molecule has 0 amide bonds. The van der Waals surface area contributed by atoms with Crippen molar-refractivity contribution >= 4 is 5.69 Å². The summed E-state index contributed by atoms with van der Waals surface area (Å²) in [6, 6.07) is 8.66. The molecular weight excluding hydrogens is 244 g/mol. The largest absolute Gasteiger partial charge is 0.382 e. The number of terminal acetylenes is 1. The predicted octanol–water partition coefficient (Wildman–Crippen LogP) is 3.59. The molecule has 1 aromatic rings.